The van der Waals surface area contributed by atoms with E-state index in [4.69, 9.17) is 4.74 Å². The van der Waals surface area contributed by atoms with Crippen molar-refractivity contribution in [1.82, 2.24) is 9.55 Å². The van der Waals surface area contributed by atoms with Gasteiger partial charge in [-0.2, -0.15) is 0 Å². The van der Waals surface area contributed by atoms with Gasteiger partial charge in [0.1, 0.15) is 11.6 Å². The zero-order chi connectivity index (χ0) is 13.0. The summed E-state index contributed by atoms with van der Waals surface area (Å²) in [5.74, 6) is 2.01. The summed E-state index contributed by atoms with van der Waals surface area (Å²) >= 11 is 3.58. The minimum absolute atomic E-state index is 0.813. The summed E-state index contributed by atoms with van der Waals surface area (Å²) in [5, 5.41) is 0. The van der Waals surface area contributed by atoms with E-state index in [-0.39, 0.29) is 0 Å². The summed E-state index contributed by atoms with van der Waals surface area (Å²) in [5.41, 5.74) is 1.20. The molecule has 0 unspecified atom stereocenters. The Morgan fingerprint density at radius 3 is 2.94 bits per heavy atom. The third-order valence-corrected chi connectivity index (χ3v) is 3.64. The molecule has 0 aliphatic heterocycles. The molecule has 18 heavy (non-hydrogen) atoms. The van der Waals surface area contributed by atoms with Crippen LogP contribution in [0.3, 0.4) is 0 Å². The Morgan fingerprint density at radius 1 is 1.39 bits per heavy atom. The molecule has 2 aromatic rings. The Kier molecular flexibility index (Phi) is 4.42. The fourth-order valence-corrected chi connectivity index (χ4v) is 2.29. The third-order valence-electron chi connectivity index (χ3n) is 2.87. The fourth-order valence-electron chi connectivity index (χ4n) is 1.92. The molecule has 1 aromatic carbocycles. The van der Waals surface area contributed by atoms with Crippen molar-refractivity contribution in [1.29, 1.82) is 0 Å². The summed E-state index contributed by atoms with van der Waals surface area (Å²) in [6.07, 6.45) is 6.00. The summed E-state index contributed by atoms with van der Waals surface area (Å²) in [6, 6.07) is 6.03. The van der Waals surface area contributed by atoms with Gasteiger partial charge in [-0.15, -0.1) is 0 Å². The maximum atomic E-state index is 5.26. The van der Waals surface area contributed by atoms with E-state index in [0.717, 1.165) is 35.4 Å². The van der Waals surface area contributed by atoms with Crippen LogP contribution < -0.4 is 4.74 Å². The third kappa shape index (κ3) is 2.93. The minimum Gasteiger partial charge on any atom is -0.497 e. The number of aromatic nitrogens is 2. The lowest BCUT2D eigenvalue weighted by molar-refractivity contribution is 0.414. The number of halogens is 1. The van der Waals surface area contributed by atoms with Crippen molar-refractivity contribution >= 4 is 15.9 Å². The van der Waals surface area contributed by atoms with Crippen LogP contribution >= 0.6 is 15.9 Å². The predicted molar refractivity (Wildman–Crippen MR) is 76.0 cm³/mol. The second-order valence-corrected chi connectivity index (χ2v) is 5.03. The van der Waals surface area contributed by atoms with E-state index in [1.807, 2.05) is 24.5 Å². The van der Waals surface area contributed by atoms with Gasteiger partial charge in [-0.25, -0.2) is 4.98 Å². The zero-order valence-corrected chi connectivity index (χ0v) is 12.3. The molecule has 96 valence electrons. The van der Waals surface area contributed by atoms with Gasteiger partial charge in [-0.05, 0) is 30.2 Å². The van der Waals surface area contributed by atoms with Crippen molar-refractivity contribution < 1.29 is 4.74 Å². The van der Waals surface area contributed by atoms with Crippen molar-refractivity contribution in [2.45, 2.75) is 26.3 Å². The maximum Gasteiger partial charge on any atom is 0.119 e. The zero-order valence-electron chi connectivity index (χ0n) is 10.7. The number of hydrogen-bond donors (Lipinski definition) is 0. The molecule has 0 aliphatic carbocycles. The number of methoxy groups -OCH3 is 1. The van der Waals surface area contributed by atoms with Crippen molar-refractivity contribution in [2.75, 3.05) is 7.11 Å². The largest absolute Gasteiger partial charge is 0.497 e. The van der Waals surface area contributed by atoms with E-state index in [9.17, 15) is 0 Å². The Bertz CT molecular complexity index is 522. The van der Waals surface area contributed by atoms with Crippen LogP contribution in [0, 0.1) is 0 Å². The van der Waals surface area contributed by atoms with Gasteiger partial charge in [-0.3, -0.25) is 0 Å². The highest BCUT2D eigenvalue weighted by Gasteiger charge is 2.06. The highest BCUT2D eigenvalue weighted by Crippen LogP contribution is 2.23. The van der Waals surface area contributed by atoms with Crippen molar-refractivity contribution in [2.24, 2.45) is 0 Å². The topological polar surface area (TPSA) is 27.1 Å². The van der Waals surface area contributed by atoms with Gasteiger partial charge in [0, 0.05) is 29.8 Å². The first-order valence-corrected chi connectivity index (χ1v) is 6.86. The number of nitrogens with zero attached hydrogens (tertiary/aromatic N) is 2. The highest BCUT2D eigenvalue weighted by molar-refractivity contribution is 9.10. The number of ether oxygens (including phenoxy) is 1. The van der Waals surface area contributed by atoms with Gasteiger partial charge in [0.25, 0.3) is 0 Å². The predicted octanol–water partition coefficient (Wildman–Crippen LogP) is 3.66. The number of aryl methyl sites for hydroxylation is 1. The smallest absolute Gasteiger partial charge is 0.119 e. The first-order chi connectivity index (χ1) is 8.74. The summed E-state index contributed by atoms with van der Waals surface area (Å²) in [6.45, 7) is 2.98. The Morgan fingerprint density at radius 2 is 2.22 bits per heavy atom. The lowest BCUT2D eigenvalue weighted by Gasteiger charge is -2.10. The van der Waals surface area contributed by atoms with Gasteiger partial charge in [0.2, 0.25) is 0 Å². The van der Waals surface area contributed by atoms with Crippen LogP contribution in [-0.2, 0) is 13.0 Å². The standard InChI is InChI=1S/C14H17BrN2O/c1-3-4-14-16-7-8-17(14)10-11-9-12(18-2)5-6-13(11)15/h5-9H,3-4,10H2,1-2H3. The summed E-state index contributed by atoms with van der Waals surface area (Å²) in [7, 11) is 1.69. The number of benzene rings is 1. The first-order valence-electron chi connectivity index (χ1n) is 6.07. The lowest BCUT2D eigenvalue weighted by Crippen LogP contribution is -2.05. The van der Waals surface area contributed by atoms with Crippen LogP contribution in [0.4, 0.5) is 0 Å². The van der Waals surface area contributed by atoms with Crippen LogP contribution in [0.2, 0.25) is 0 Å². The van der Waals surface area contributed by atoms with Crippen molar-refractivity contribution in [3.05, 3.63) is 46.5 Å². The van der Waals surface area contributed by atoms with E-state index < -0.39 is 0 Å². The molecule has 0 atom stereocenters. The number of rotatable bonds is 5. The van der Waals surface area contributed by atoms with Crippen LogP contribution in [-0.4, -0.2) is 16.7 Å². The molecule has 0 spiro atoms. The minimum atomic E-state index is 0.813. The quantitative estimate of drug-likeness (QED) is 0.843. The van der Waals surface area contributed by atoms with Crippen LogP contribution in [0.5, 0.6) is 5.75 Å². The van der Waals surface area contributed by atoms with Gasteiger partial charge < -0.3 is 9.30 Å². The molecule has 1 aromatic heterocycles. The summed E-state index contributed by atoms with van der Waals surface area (Å²) in [4.78, 5) is 4.39. The molecule has 2 rings (SSSR count). The van der Waals surface area contributed by atoms with Gasteiger partial charge >= 0.3 is 0 Å². The fraction of sp³-hybridized carbons (Fsp3) is 0.357. The van der Waals surface area contributed by atoms with Gasteiger partial charge in [0.05, 0.1) is 7.11 Å². The Hall–Kier alpha value is -1.29. The van der Waals surface area contributed by atoms with E-state index in [0.29, 0.717) is 0 Å². The molecule has 0 amide bonds. The van der Waals surface area contributed by atoms with Crippen LogP contribution in [0.15, 0.2) is 35.1 Å². The summed E-state index contributed by atoms with van der Waals surface area (Å²) < 4.78 is 8.54. The average molecular weight is 309 g/mol. The highest BCUT2D eigenvalue weighted by atomic mass is 79.9. The van der Waals surface area contributed by atoms with Crippen LogP contribution in [0.25, 0.3) is 0 Å². The molecule has 0 radical (unpaired) electrons. The normalized spacial score (nSPS) is 10.6. The average Bonchev–Trinajstić information content (AvgIpc) is 2.80. The molecule has 0 bridgehead atoms. The molecule has 1 heterocycles. The van der Waals surface area contributed by atoms with Crippen molar-refractivity contribution in [3.63, 3.8) is 0 Å². The molecule has 0 N–H and O–H groups in total. The van der Waals surface area contributed by atoms with E-state index in [1.165, 1.54) is 5.56 Å². The van der Waals surface area contributed by atoms with E-state index in [2.05, 4.69) is 38.5 Å². The van der Waals surface area contributed by atoms with E-state index in [1.54, 1.807) is 7.11 Å². The second kappa shape index (κ2) is 6.05. The Labute approximate surface area is 116 Å². The monoisotopic (exact) mass is 308 g/mol. The van der Waals surface area contributed by atoms with E-state index >= 15 is 0 Å². The molecule has 0 saturated heterocycles. The molecular weight excluding hydrogens is 292 g/mol. The molecule has 3 nitrogen and oxygen atoms in total. The molecule has 4 heteroatoms. The van der Waals surface area contributed by atoms with Crippen molar-refractivity contribution in [3.8, 4) is 5.75 Å². The first kappa shape index (κ1) is 13.1. The van der Waals surface area contributed by atoms with Gasteiger partial charge in [0.15, 0.2) is 0 Å². The van der Waals surface area contributed by atoms with Gasteiger partial charge in [-0.1, -0.05) is 22.9 Å². The second-order valence-electron chi connectivity index (χ2n) is 4.18. The molecule has 0 aliphatic rings. The Balaban J connectivity index is 2.24. The maximum absolute atomic E-state index is 5.26. The lowest BCUT2D eigenvalue weighted by atomic mass is 10.2. The SMILES string of the molecule is CCCc1nccn1Cc1cc(OC)ccc1Br. The molecule has 0 fully saturated rings. The number of imidazole rings is 1. The molecule has 0 saturated carbocycles. The number of hydrogen-bond acceptors (Lipinski definition) is 2. The van der Waals surface area contributed by atoms with Crippen LogP contribution in [0.1, 0.15) is 24.7 Å². The molecular formula is C14H17BrN2O.